The van der Waals surface area contributed by atoms with E-state index in [9.17, 15) is 4.39 Å². The minimum Gasteiger partial charge on any atom is -0.424 e. The maximum absolute atomic E-state index is 14.1. The average molecular weight is 382 g/mol. The normalized spacial score (nSPS) is 10.7. The third-order valence-corrected chi connectivity index (χ3v) is 4.12. The molecule has 0 aliphatic carbocycles. The highest BCUT2D eigenvalue weighted by Crippen LogP contribution is 2.32. The second kappa shape index (κ2) is 7.05. The Morgan fingerprint density at radius 2 is 1.74 bits per heavy atom. The molecule has 0 saturated heterocycles. The van der Waals surface area contributed by atoms with Crippen molar-refractivity contribution in [3.63, 3.8) is 0 Å². The first-order valence-corrected chi connectivity index (χ1v) is 8.35. The molecule has 0 amide bonds. The fraction of sp³-hybridized carbons (Fsp3) is 0. The van der Waals surface area contributed by atoms with E-state index in [1.807, 2.05) is 18.2 Å². The summed E-state index contributed by atoms with van der Waals surface area (Å²) in [6.07, 6.45) is 3.09. The molecule has 2 aromatic carbocycles. The van der Waals surface area contributed by atoms with Crippen LogP contribution in [0.2, 0.25) is 5.02 Å². The number of hydrogen-bond acceptors (Lipinski definition) is 5. The number of benzene rings is 2. The number of nitrogens with one attached hydrogen (secondary N) is 1. The first-order valence-electron chi connectivity index (χ1n) is 7.97. The Morgan fingerprint density at radius 1 is 1.00 bits per heavy atom. The van der Waals surface area contributed by atoms with Crippen molar-refractivity contribution in [3.05, 3.63) is 71.8 Å². The van der Waals surface area contributed by atoms with Crippen LogP contribution in [0.15, 0.2) is 60.9 Å². The Labute approximate surface area is 158 Å². The van der Waals surface area contributed by atoms with Gasteiger partial charge in [-0.1, -0.05) is 35.9 Å². The van der Waals surface area contributed by atoms with Gasteiger partial charge in [0, 0.05) is 18.0 Å². The Morgan fingerprint density at radius 3 is 2.44 bits per heavy atom. The van der Waals surface area contributed by atoms with Gasteiger partial charge in [0.2, 0.25) is 0 Å². The van der Waals surface area contributed by atoms with E-state index in [2.05, 4.69) is 19.9 Å². The second-order valence-corrected chi connectivity index (χ2v) is 6.02. The lowest BCUT2D eigenvalue weighted by molar-refractivity contribution is 0.442. The van der Waals surface area contributed by atoms with Crippen LogP contribution in [0.1, 0.15) is 0 Å². The summed E-state index contributed by atoms with van der Waals surface area (Å²) in [6.45, 7) is 0. The number of aromatic amines is 1. The molecule has 0 radical (unpaired) electrons. The number of imidazole rings is 1. The van der Waals surface area contributed by atoms with Crippen LogP contribution in [0.4, 0.5) is 10.2 Å². The quantitative estimate of drug-likeness (QED) is 0.534. The predicted octanol–water partition coefficient (Wildman–Crippen LogP) is 4.70. The summed E-state index contributed by atoms with van der Waals surface area (Å²) in [7, 11) is 0. The van der Waals surface area contributed by atoms with Crippen LogP contribution in [0.3, 0.4) is 0 Å². The molecule has 0 bridgehead atoms. The maximum atomic E-state index is 14.1. The summed E-state index contributed by atoms with van der Waals surface area (Å²) in [5, 5.41) is 0.234. The minimum atomic E-state index is -0.495. The molecule has 0 spiro atoms. The van der Waals surface area contributed by atoms with Gasteiger partial charge in [-0.2, -0.15) is 0 Å². The van der Waals surface area contributed by atoms with Crippen molar-refractivity contribution in [2.24, 2.45) is 0 Å². The number of hydrogen-bond donors (Lipinski definition) is 2. The molecule has 2 aromatic heterocycles. The van der Waals surface area contributed by atoms with E-state index in [-0.39, 0.29) is 28.2 Å². The molecule has 4 aromatic rings. The zero-order valence-electron chi connectivity index (χ0n) is 13.9. The highest BCUT2D eigenvalue weighted by molar-refractivity contribution is 6.33. The molecule has 134 valence electrons. The number of nitrogen functional groups attached to an aromatic ring is 1. The van der Waals surface area contributed by atoms with Gasteiger partial charge in [-0.05, 0) is 24.3 Å². The molecular weight excluding hydrogens is 369 g/mol. The Bertz CT molecular complexity index is 1060. The van der Waals surface area contributed by atoms with Crippen molar-refractivity contribution >= 4 is 17.4 Å². The van der Waals surface area contributed by atoms with E-state index in [0.717, 1.165) is 0 Å². The number of halogens is 2. The number of ether oxygens (including phenoxy) is 1. The molecule has 0 unspecified atom stereocenters. The van der Waals surface area contributed by atoms with Crippen molar-refractivity contribution in [2.75, 3.05) is 5.73 Å². The summed E-state index contributed by atoms with van der Waals surface area (Å²) in [5.41, 5.74) is 7.18. The minimum absolute atomic E-state index is 0.155. The number of nitrogens with two attached hydrogens (primary N) is 1. The molecule has 0 atom stereocenters. The first kappa shape index (κ1) is 17.0. The van der Waals surface area contributed by atoms with Gasteiger partial charge in [0.25, 0.3) is 0 Å². The van der Waals surface area contributed by atoms with Crippen molar-refractivity contribution in [3.8, 4) is 34.4 Å². The number of aromatic nitrogens is 4. The van der Waals surface area contributed by atoms with Gasteiger partial charge in [-0.3, -0.25) is 0 Å². The van der Waals surface area contributed by atoms with E-state index >= 15 is 0 Å². The molecule has 27 heavy (non-hydrogen) atoms. The highest BCUT2D eigenvalue weighted by atomic mass is 35.5. The summed E-state index contributed by atoms with van der Waals surface area (Å²) in [6, 6.07) is 13.8. The van der Waals surface area contributed by atoms with Gasteiger partial charge in [0.05, 0.1) is 16.3 Å². The molecule has 0 aliphatic heterocycles. The molecule has 8 heteroatoms. The summed E-state index contributed by atoms with van der Waals surface area (Å²) >= 11 is 6.09. The van der Waals surface area contributed by atoms with Crippen LogP contribution >= 0.6 is 11.6 Å². The number of rotatable bonds is 4. The smallest absolute Gasteiger partial charge is 0.321 e. The van der Waals surface area contributed by atoms with Crippen LogP contribution in [0.5, 0.6) is 11.8 Å². The largest absolute Gasteiger partial charge is 0.424 e. The Balaban J connectivity index is 1.63. The van der Waals surface area contributed by atoms with E-state index < -0.39 is 5.82 Å². The monoisotopic (exact) mass is 381 g/mol. The van der Waals surface area contributed by atoms with Crippen LogP contribution < -0.4 is 10.5 Å². The topological polar surface area (TPSA) is 89.7 Å². The van der Waals surface area contributed by atoms with Crippen LogP contribution in [0.25, 0.3) is 22.6 Å². The van der Waals surface area contributed by atoms with Gasteiger partial charge in [0.1, 0.15) is 23.2 Å². The third kappa shape index (κ3) is 3.45. The standard InChI is InChI=1S/C19H13ClFN5O/c20-13-7-4-8-14(21)15(13)18-25-16(17(22)26-18)11-9-23-19(24-10-11)27-12-5-2-1-3-6-12/h1-10H,22H2,(H,25,26). The van der Waals surface area contributed by atoms with Crippen molar-refractivity contribution < 1.29 is 9.13 Å². The van der Waals surface area contributed by atoms with Gasteiger partial charge in [-0.15, -0.1) is 0 Å². The lowest BCUT2D eigenvalue weighted by Crippen LogP contribution is -1.94. The number of H-pyrrole nitrogens is 1. The van der Waals surface area contributed by atoms with Gasteiger partial charge in [-0.25, -0.2) is 19.3 Å². The predicted molar refractivity (Wildman–Crippen MR) is 101 cm³/mol. The zero-order chi connectivity index (χ0) is 18.8. The lowest BCUT2D eigenvalue weighted by atomic mass is 10.2. The first-order chi connectivity index (χ1) is 13.1. The molecule has 0 fully saturated rings. The third-order valence-electron chi connectivity index (χ3n) is 3.80. The maximum Gasteiger partial charge on any atom is 0.321 e. The average Bonchev–Trinajstić information content (AvgIpc) is 3.04. The summed E-state index contributed by atoms with van der Waals surface area (Å²) in [4.78, 5) is 15.5. The molecular formula is C19H13ClFN5O. The highest BCUT2D eigenvalue weighted by Gasteiger charge is 2.17. The molecule has 0 aliphatic rings. The SMILES string of the molecule is Nc1nc(-c2c(F)cccc2Cl)[nH]c1-c1cnc(Oc2ccccc2)nc1. The summed E-state index contributed by atoms with van der Waals surface area (Å²) in [5.74, 6) is 0.549. The number of anilines is 1. The molecule has 3 N–H and O–H groups in total. The van der Waals surface area contributed by atoms with Crippen molar-refractivity contribution in [2.45, 2.75) is 0 Å². The van der Waals surface area contributed by atoms with Crippen molar-refractivity contribution in [1.29, 1.82) is 0 Å². The van der Waals surface area contributed by atoms with E-state index in [1.54, 1.807) is 30.6 Å². The van der Waals surface area contributed by atoms with Crippen LogP contribution in [-0.4, -0.2) is 19.9 Å². The van der Waals surface area contributed by atoms with Gasteiger partial charge < -0.3 is 15.5 Å². The van der Waals surface area contributed by atoms with Crippen LogP contribution in [-0.2, 0) is 0 Å². The van der Waals surface area contributed by atoms with Gasteiger partial charge in [0.15, 0.2) is 0 Å². The lowest BCUT2D eigenvalue weighted by Gasteiger charge is -2.04. The molecule has 0 saturated carbocycles. The van der Waals surface area contributed by atoms with E-state index in [1.165, 1.54) is 12.1 Å². The zero-order valence-corrected chi connectivity index (χ0v) is 14.6. The number of para-hydroxylation sites is 1. The Kier molecular flexibility index (Phi) is 4.43. The van der Waals surface area contributed by atoms with E-state index in [4.69, 9.17) is 22.1 Å². The Hall–Kier alpha value is -3.45. The number of nitrogens with zero attached hydrogens (tertiary/aromatic N) is 3. The fourth-order valence-corrected chi connectivity index (χ4v) is 2.79. The van der Waals surface area contributed by atoms with Crippen molar-refractivity contribution in [1.82, 2.24) is 19.9 Å². The van der Waals surface area contributed by atoms with Gasteiger partial charge >= 0.3 is 6.01 Å². The van der Waals surface area contributed by atoms with E-state index in [0.29, 0.717) is 17.0 Å². The fourth-order valence-electron chi connectivity index (χ4n) is 2.54. The second-order valence-electron chi connectivity index (χ2n) is 5.61. The molecule has 6 nitrogen and oxygen atoms in total. The molecule has 4 rings (SSSR count). The molecule has 2 heterocycles. The van der Waals surface area contributed by atoms with Crippen LogP contribution in [0, 0.1) is 5.82 Å². The summed E-state index contributed by atoms with van der Waals surface area (Å²) < 4.78 is 19.7.